The van der Waals surface area contributed by atoms with E-state index in [-0.39, 0.29) is 11.9 Å². The molecule has 1 heterocycles. The van der Waals surface area contributed by atoms with E-state index in [0.717, 1.165) is 42.6 Å². The summed E-state index contributed by atoms with van der Waals surface area (Å²) in [6.45, 7) is 6.56. The second-order valence-electron chi connectivity index (χ2n) is 6.14. The second kappa shape index (κ2) is 8.70. The van der Waals surface area contributed by atoms with E-state index in [0.29, 0.717) is 5.56 Å². The minimum atomic E-state index is -0.418. The zero-order valence-electron chi connectivity index (χ0n) is 15.3. The highest BCUT2D eigenvalue weighted by Crippen LogP contribution is 2.34. The van der Waals surface area contributed by atoms with Gasteiger partial charge in [-0.05, 0) is 63.5 Å². The lowest BCUT2D eigenvalue weighted by atomic mass is 10.0. The second-order valence-corrected chi connectivity index (χ2v) is 6.14. The topological polar surface area (TPSA) is 28.0 Å². The van der Waals surface area contributed by atoms with Crippen molar-refractivity contribution < 1.29 is 8.78 Å². The molecule has 1 fully saturated rings. The van der Waals surface area contributed by atoms with Crippen LogP contribution in [0, 0.1) is 11.6 Å². The van der Waals surface area contributed by atoms with Crippen LogP contribution in [0.15, 0.2) is 51.6 Å². The molecule has 3 nitrogen and oxygen atoms in total. The van der Waals surface area contributed by atoms with Gasteiger partial charge >= 0.3 is 0 Å². The third-order valence-corrected chi connectivity index (χ3v) is 4.36. The minimum Gasteiger partial charge on any atom is -0.349 e. The molecule has 1 atom stereocenters. The number of allylic oxidation sites excluding steroid dienone is 3. The molecule has 0 N–H and O–H groups in total. The third kappa shape index (κ3) is 4.62. The molecule has 0 aromatic heterocycles. The van der Waals surface area contributed by atoms with Gasteiger partial charge in [0.05, 0.1) is 6.04 Å². The predicted molar refractivity (Wildman–Crippen MR) is 100 cm³/mol. The maximum Gasteiger partial charge on any atom is 0.128 e. The van der Waals surface area contributed by atoms with Gasteiger partial charge in [0.2, 0.25) is 0 Å². The van der Waals surface area contributed by atoms with Crippen LogP contribution in [-0.4, -0.2) is 30.5 Å². The van der Waals surface area contributed by atoms with Gasteiger partial charge in [-0.25, -0.2) is 13.8 Å². The average molecular weight is 345 g/mol. The average Bonchev–Trinajstić information content (AvgIpc) is 3.06. The lowest BCUT2D eigenvalue weighted by Gasteiger charge is -2.27. The van der Waals surface area contributed by atoms with Gasteiger partial charge in [0.15, 0.2) is 0 Å². The summed E-state index contributed by atoms with van der Waals surface area (Å²) in [5.41, 5.74) is 2.21. The Kier molecular flexibility index (Phi) is 6.62. The van der Waals surface area contributed by atoms with Crippen molar-refractivity contribution >= 4 is 12.1 Å². The Bertz CT molecular complexity index is 732. The first kappa shape index (κ1) is 19.0. The number of hydrogen-bond acceptors (Lipinski definition) is 2. The standard InChI is InChI=1S/C20H25F2N3/c1-5-7-20(24-15(3)14(2)13-23-4)25-11-6-8-19(25)17-12-16(21)9-10-18(17)22/h5,7,9-10,12-13,19H,6,8,11H2,1-4H3/b7-5-,15-14+,23-13-,24-20+. The highest BCUT2D eigenvalue weighted by molar-refractivity contribution is 5.94. The molecule has 25 heavy (non-hydrogen) atoms. The van der Waals surface area contributed by atoms with Crippen molar-refractivity contribution in [1.29, 1.82) is 0 Å². The van der Waals surface area contributed by atoms with Gasteiger partial charge in [0.25, 0.3) is 0 Å². The van der Waals surface area contributed by atoms with Gasteiger partial charge in [-0.2, -0.15) is 0 Å². The summed E-state index contributed by atoms with van der Waals surface area (Å²) in [5.74, 6) is -0.0337. The van der Waals surface area contributed by atoms with Crippen LogP contribution in [0.3, 0.4) is 0 Å². The molecule has 1 aromatic carbocycles. The molecule has 0 saturated carbocycles. The number of nitrogens with zero attached hydrogens (tertiary/aromatic N) is 3. The Morgan fingerprint density at radius 1 is 1.28 bits per heavy atom. The van der Waals surface area contributed by atoms with Crippen molar-refractivity contribution in [3.8, 4) is 0 Å². The molecule has 1 aromatic rings. The smallest absolute Gasteiger partial charge is 0.128 e. The monoisotopic (exact) mass is 345 g/mol. The number of halogens is 2. The van der Waals surface area contributed by atoms with Crippen molar-refractivity contribution in [3.05, 3.63) is 58.8 Å². The van der Waals surface area contributed by atoms with Crippen molar-refractivity contribution in [2.45, 2.75) is 39.7 Å². The van der Waals surface area contributed by atoms with Gasteiger partial charge in [0, 0.05) is 31.1 Å². The number of hydrogen-bond donors (Lipinski definition) is 0. The molecule has 1 aliphatic heterocycles. The Hall–Kier alpha value is -2.30. The van der Waals surface area contributed by atoms with Gasteiger partial charge in [0.1, 0.15) is 17.5 Å². The van der Waals surface area contributed by atoms with E-state index in [1.807, 2.05) is 32.9 Å². The molecule has 1 unspecified atom stereocenters. The summed E-state index contributed by atoms with van der Waals surface area (Å²) >= 11 is 0. The van der Waals surface area contributed by atoms with Crippen LogP contribution < -0.4 is 0 Å². The zero-order valence-corrected chi connectivity index (χ0v) is 15.3. The van der Waals surface area contributed by atoms with E-state index in [4.69, 9.17) is 4.99 Å². The number of aliphatic imine (C=N–C) groups is 2. The first-order valence-corrected chi connectivity index (χ1v) is 8.50. The largest absolute Gasteiger partial charge is 0.349 e. The Balaban J connectivity index is 2.43. The fraction of sp³-hybridized carbons (Fsp3) is 0.400. The summed E-state index contributed by atoms with van der Waals surface area (Å²) in [5, 5.41) is 0. The molecule has 0 bridgehead atoms. The summed E-state index contributed by atoms with van der Waals surface area (Å²) < 4.78 is 27.9. The molecule has 0 amide bonds. The molecular formula is C20H25F2N3. The van der Waals surface area contributed by atoms with E-state index < -0.39 is 5.82 Å². The van der Waals surface area contributed by atoms with Gasteiger partial charge in [-0.3, -0.25) is 4.99 Å². The molecule has 2 rings (SSSR count). The molecule has 0 aliphatic carbocycles. The zero-order chi connectivity index (χ0) is 18.4. The Morgan fingerprint density at radius 3 is 2.72 bits per heavy atom. The third-order valence-electron chi connectivity index (χ3n) is 4.36. The molecule has 1 aliphatic rings. The Labute approximate surface area is 148 Å². The quantitative estimate of drug-likeness (QED) is 0.553. The molecule has 0 spiro atoms. The van der Waals surface area contributed by atoms with Gasteiger partial charge < -0.3 is 4.90 Å². The van der Waals surface area contributed by atoms with E-state index >= 15 is 0 Å². The van der Waals surface area contributed by atoms with E-state index in [2.05, 4.69) is 9.89 Å². The minimum absolute atomic E-state index is 0.210. The normalized spacial score (nSPS) is 20.0. The predicted octanol–water partition coefficient (Wildman–Crippen LogP) is 5.07. The van der Waals surface area contributed by atoms with Crippen LogP contribution in [0.1, 0.15) is 45.2 Å². The van der Waals surface area contributed by atoms with E-state index in [1.165, 1.54) is 12.1 Å². The summed E-state index contributed by atoms with van der Waals surface area (Å²) in [7, 11) is 1.72. The lowest BCUT2D eigenvalue weighted by molar-refractivity contribution is 0.387. The van der Waals surface area contributed by atoms with Crippen molar-refractivity contribution in [1.82, 2.24) is 4.90 Å². The van der Waals surface area contributed by atoms with Crippen LogP contribution in [-0.2, 0) is 0 Å². The highest BCUT2D eigenvalue weighted by Gasteiger charge is 2.30. The fourth-order valence-electron chi connectivity index (χ4n) is 3.03. The maximum atomic E-state index is 14.3. The fourth-order valence-corrected chi connectivity index (χ4v) is 3.03. The van der Waals surface area contributed by atoms with Crippen LogP contribution in [0.4, 0.5) is 8.78 Å². The van der Waals surface area contributed by atoms with Gasteiger partial charge in [-0.1, -0.05) is 6.08 Å². The van der Waals surface area contributed by atoms with Crippen molar-refractivity contribution in [2.75, 3.05) is 13.6 Å². The van der Waals surface area contributed by atoms with Crippen LogP contribution in [0.5, 0.6) is 0 Å². The summed E-state index contributed by atoms with van der Waals surface area (Å²) in [6, 6.07) is 3.43. The number of rotatable bonds is 4. The molecule has 134 valence electrons. The van der Waals surface area contributed by atoms with Crippen LogP contribution in [0.25, 0.3) is 0 Å². The number of likely N-dealkylation sites (tertiary alicyclic amines) is 1. The lowest BCUT2D eigenvalue weighted by Crippen LogP contribution is -2.30. The van der Waals surface area contributed by atoms with E-state index in [1.54, 1.807) is 13.3 Å². The molecule has 0 radical (unpaired) electrons. The van der Waals surface area contributed by atoms with Crippen LogP contribution >= 0.6 is 0 Å². The number of benzene rings is 1. The summed E-state index contributed by atoms with van der Waals surface area (Å²) in [6.07, 6.45) is 7.27. The first-order chi connectivity index (χ1) is 12.0. The van der Waals surface area contributed by atoms with E-state index in [9.17, 15) is 8.78 Å². The number of amidine groups is 1. The van der Waals surface area contributed by atoms with Gasteiger partial charge in [-0.15, -0.1) is 0 Å². The van der Waals surface area contributed by atoms with Crippen molar-refractivity contribution in [2.24, 2.45) is 9.98 Å². The maximum absolute atomic E-state index is 14.3. The highest BCUT2D eigenvalue weighted by atomic mass is 19.1. The molecule has 1 saturated heterocycles. The summed E-state index contributed by atoms with van der Waals surface area (Å²) in [4.78, 5) is 10.8. The Morgan fingerprint density at radius 2 is 2.04 bits per heavy atom. The SMILES string of the molecule is C\C=C/C(=N\C(C)=C(C)\C=N/C)N1CCCC1c1cc(F)ccc1F. The van der Waals surface area contributed by atoms with Crippen LogP contribution in [0.2, 0.25) is 0 Å². The molecular weight excluding hydrogens is 320 g/mol. The molecule has 5 heteroatoms. The first-order valence-electron chi connectivity index (χ1n) is 8.50. The van der Waals surface area contributed by atoms with Crippen molar-refractivity contribution in [3.63, 3.8) is 0 Å².